The highest BCUT2D eigenvalue weighted by Gasteiger charge is 2.30. The molecule has 98 valence electrons. The van der Waals surface area contributed by atoms with Crippen LogP contribution in [0.15, 0.2) is 22.7 Å². The minimum atomic E-state index is -0.0184. The number of hydrogen-bond donors (Lipinski definition) is 0. The van der Waals surface area contributed by atoms with E-state index in [1.54, 1.807) is 6.92 Å². The Labute approximate surface area is 116 Å². The molecule has 0 unspecified atom stereocenters. The highest BCUT2D eigenvalue weighted by atomic mass is 79.9. The van der Waals surface area contributed by atoms with E-state index in [1.807, 2.05) is 18.2 Å². The van der Waals surface area contributed by atoms with E-state index in [0.29, 0.717) is 0 Å². The Morgan fingerprint density at radius 2 is 2.17 bits per heavy atom. The molecule has 0 radical (unpaired) electrons. The van der Waals surface area contributed by atoms with E-state index in [-0.39, 0.29) is 11.3 Å². The number of rotatable bonds is 2. The smallest absolute Gasteiger partial charge is 0.160 e. The summed E-state index contributed by atoms with van der Waals surface area (Å²) in [4.78, 5) is 13.7. The monoisotopic (exact) mass is 311 g/mol. The molecule has 1 aliphatic rings. The maximum Gasteiger partial charge on any atom is 0.160 e. The van der Waals surface area contributed by atoms with Crippen LogP contribution in [0.3, 0.4) is 0 Å². The number of Topliss-reactive ketones (excluding diaryl/α,β-unsaturated/α-hetero) is 1. The molecule has 4 heteroatoms. The zero-order valence-electron chi connectivity index (χ0n) is 11.0. The third kappa shape index (κ3) is 2.59. The molecule has 1 aromatic carbocycles. The molecular formula is C14H18BrNO2. The lowest BCUT2D eigenvalue weighted by Crippen LogP contribution is -2.53. The number of ether oxygens (including phenoxy) is 1. The summed E-state index contributed by atoms with van der Waals surface area (Å²) in [5, 5.41) is 0. The first-order valence-electron chi connectivity index (χ1n) is 6.08. The lowest BCUT2D eigenvalue weighted by molar-refractivity contribution is 0.0644. The van der Waals surface area contributed by atoms with Gasteiger partial charge >= 0.3 is 0 Å². The van der Waals surface area contributed by atoms with Crippen LogP contribution in [-0.4, -0.2) is 31.1 Å². The maximum atomic E-state index is 11.4. The number of nitrogens with zero attached hydrogens (tertiary/aromatic N) is 1. The van der Waals surface area contributed by atoms with Gasteiger partial charge in [-0.2, -0.15) is 0 Å². The van der Waals surface area contributed by atoms with Crippen molar-refractivity contribution in [3.8, 4) is 0 Å². The van der Waals surface area contributed by atoms with E-state index in [4.69, 9.17) is 4.74 Å². The number of anilines is 1. The first-order chi connectivity index (χ1) is 8.42. The number of halogens is 1. The van der Waals surface area contributed by atoms with Crippen LogP contribution in [0.2, 0.25) is 0 Å². The van der Waals surface area contributed by atoms with Gasteiger partial charge in [0.1, 0.15) is 0 Å². The fourth-order valence-electron chi connectivity index (χ4n) is 2.29. The van der Waals surface area contributed by atoms with E-state index in [2.05, 4.69) is 34.7 Å². The molecule has 0 bridgehead atoms. The number of hydrogen-bond acceptors (Lipinski definition) is 3. The SMILES string of the molecule is CC(=O)c1ccc(N2CCOCC2(C)C)cc1Br. The van der Waals surface area contributed by atoms with Crippen molar-refractivity contribution in [1.29, 1.82) is 0 Å². The second-order valence-corrected chi connectivity index (χ2v) is 6.09. The van der Waals surface area contributed by atoms with Crippen LogP contribution >= 0.6 is 15.9 Å². The quantitative estimate of drug-likeness (QED) is 0.785. The second-order valence-electron chi connectivity index (χ2n) is 5.24. The number of carbonyl (C=O) groups excluding carboxylic acids is 1. The molecule has 1 aromatic rings. The van der Waals surface area contributed by atoms with Crippen LogP contribution in [0.4, 0.5) is 5.69 Å². The van der Waals surface area contributed by atoms with Gasteiger partial charge in [0.15, 0.2) is 5.78 Å². The Hall–Kier alpha value is -0.870. The molecule has 0 aliphatic carbocycles. The van der Waals surface area contributed by atoms with Gasteiger partial charge in [0.05, 0.1) is 18.8 Å². The third-order valence-corrected chi connectivity index (χ3v) is 3.94. The molecule has 2 rings (SSSR count). The lowest BCUT2D eigenvalue weighted by Gasteiger charge is -2.44. The van der Waals surface area contributed by atoms with E-state index < -0.39 is 0 Å². The zero-order chi connectivity index (χ0) is 13.3. The standard InChI is InChI=1S/C14H18BrNO2/c1-10(17)12-5-4-11(8-13(12)15)16-6-7-18-9-14(16,2)3/h4-5,8H,6-7,9H2,1-3H3. The molecule has 0 aromatic heterocycles. The minimum Gasteiger partial charge on any atom is -0.377 e. The molecule has 3 nitrogen and oxygen atoms in total. The molecule has 1 fully saturated rings. The maximum absolute atomic E-state index is 11.4. The summed E-state index contributed by atoms with van der Waals surface area (Å²) in [5.41, 5.74) is 1.83. The predicted octanol–water partition coefficient (Wildman–Crippen LogP) is 3.27. The fourth-order valence-corrected chi connectivity index (χ4v) is 2.94. The van der Waals surface area contributed by atoms with Crippen molar-refractivity contribution >= 4 is 27.4 Å². The molecule has 1 saturated heterocycles. The van der Waals surface area contributed by atoms with Crippen LogP contribution in [0.25, 0.3) is 0 Å². The van der Waals surface area contributed by atoms with Gasteiger partial charge < -0.3 is 9.64 Å². The largest absolute Gasteiger partial charge is 0.377 e. The molecule has 1 aliphatic heterocycles. The van der Waals surface area contributed by atoms with Crippen molar-refractivity contribution in [3.05, 3.63) is 28.2 Å². The Morgan fingerprint density at radius 3 is 2.72 bits per heavy atom. The Morgan fingerprint density at radius 1 is 1.44 bits per heavy atom. The molecule has 18 heavy (non-hydrogen) atoms. The van der Waals surface area contributed by atoms with Crippen molar-refractivity contribution in [1.82, 2.24) is 0 Å². The van der Waals surface area contributed by atoms with Gasteiger partial charge in [-0.25, -0.2) is 0 Å². The first-order valence-corrected chi connectivity index (χ1v) is 6.87. The fraction of sp³-hybridized carbons (Fsp3) is 0.500. The Balaban J connectivity index is 2.34. The van der Waals surface area contributed by atoms with Crippen LogP contribution in [0, 0.1) is 0 Å². The van der Waals surface area contributed by atoms with Crippen molar-refractivity contribution in [2.24, 2.45) is 0 Å². The van der Waals surface area contributed by atoms with Gasteiger partial charge in [0.2, 0.25) is 0 Å². The summed E-state index contributed by atoms with van der Waals surface area (Å²) < 4.78 is 6.38. The summed E-state index contributed by atoms with van der Waals surface area (Å²) in [6.45, 7) is 8.25. The topological polar surface area (TPSA) is 29.5 Å². The Kier molecular flexibility index (Phi) is 3.78. The van der Waals surface area contributed by atoms with Gasteiger partial charge in [-0.1, -0.05) is 0 Å². The molecule has 1 heterocycles. The van der Waals surface area contributed by atoms with Crippen molar-refractivity contribution in [2.45, 2.75) is 26.3 Å². The average Bonchev–Trinajstić information content (AvgIpc) is 2.27. The van der Waals surface area contributed by atoms with E-state index in [9.17, 15) is 4.79 Å². The van der Waals surface area contributed by atoms with Gasteiger partial charge in [-0.3, -0.25) is 4.79 Å². The first kappa shape index (κ1) is 13.6. The van der Waals surface area contributed by atoms with Gasteiger partial charge in [0.25, 0.3) is 0 Å². The van der Waals surface area contributed by atoms with E-state index >= 15 is 0 Å². The summed E-state index contributed by atoms with van der Waals surface area (Å²) in [7, 11) is 0. The van der Waals surface area contributed by atoms with Gasteiger partial charge in [-0.05, 0) is 54.9 Å². The van der Waals surface area contributed by atoms with Crippen molar-refractivity contribution in [3.63, 3.8) is 0 Å². The zero-order valence-corrected chi connectivity index (χ0v) is 12.6. The highest BCUT2D eigenvalue weighted by molar-refractivity contribution is 9.10. The minimum absolute atomic E-state index is 0.0184. The molecular weight excluding hydrogens is 294 g/mol. The lowest BCUT2D eigenvalue weighted by atomic mass is 10.0. The van der Waals surface area contributed by atoms with E-state index in [0.717, 1.165) is 35.5 Å². The number of ketones is 1. The third-order valence-electron chi connectivity index (χ3n) is 3.29. The van der Waals surface area contributed by atoms with Crippen LogP contribution in [-0.2, 0) is 4.74 Å². The molecule has 0 N–H and O–H groups in total. The second kappa shape index (κ2) is 5.02. The highest BCUT2D eigenvalue weighted by Crippen LogP contribution is 2.30. The molecule has 0 saturated carbocycles. The normalized spacial score (nSPS) is 18.8. The number of carbonyl (C=O) groups is 1. The van der Waals surface area contributed by atoms with Gasteiger partial charge in [-0.15, -0.1) is 0 Å². The Bertz CT molecular complexity index is 471. The number of morpholine rings is 1. The number of benzene rings is 1. The van der Waals surface area contributed by atoms with Crippen LogP contribution in [0.1, 0.15) is 31.1 Å². The van der Waals surface area contributed by atoms with Gasteiger partial charge in [0, 0.05) is 22.3 Å². The van der Waals surface area contributed by atoms with Crippen molar-refractivity contribution in [2.75, 3.05) is 24.7 Å². The predicted molar refractivity (Wildman–Crippen MR) is 76.4 cm³/mol. The summed E-state index contributed by atoms with van der Waals surface area (Å²) >= 11 is 3.47. The molecule has 0 spiro atoms. The molecule has 0 amide bonds. The van der Waals surface area contributed by atoms with Crippen LogP contribution < -0.4 is 4.90 Å². The summed E-state index contributed by atoms with van der Waals surface area (Å²) in [6, 6.07) is 5.91. The molecule has 0 atom stereocenters. The van der Waals surface area contributed by atoms with Crippen molar-refractivity contribution < 1.29 is 9.53 Å². The summed E-state index contributed by atoms with van der Waals surface area (Å²) in [5.74, 6) is 0.0784. The average molecular weight is 312 g/mol. The summed E-state index contributed by atoms with van der Waals surface area (Å²) in [6.07, 6.45) is 0. The van der Waals surface area contributed by atoms with E-state index in [1.165, 1.54) is 0 Å². The van der Waals surface area contributed by atoms with Crippen LogP contribution in [0.5, 0.6) is 0 Å².